The van der Waals surface area contributed by atoms with Gasteiger partial charge in [-0.15, -0.1) is 0 Å². The van der Waals surface area contributed by atoms with Gasteiger partial charge in [0.1, 0.15) is 5.75 Å². The van der Waals surface area contributed by atoms with E-state index in [9.17, 15) is 4.79 Å². The Morgan fingerprint density at radius 1 is 1.17 bits per heavy atom. The van der Waals surface area contributed by atoms with Crippen LogP contribution >= 0.6 is 0 Å². The van der Waals surface area contributed by atoms with Crippen molar-refractivity contribution < 1.29 is 9.53 Å². The summed E-state index contributed by atoms with van der Waals surface area (Å²) in [5, 5.41) is 2.92. The molecule has 0 aliphatic heterocycles. The lowest BCUT2D eigenvalue weighted by atomic mass is 9.94. The third-order valence-electron chi connectivity index (χ3n) is 4.43. The normalized spacial score (nSPS) is 15.3. The quantitative estimate of drug-likeness (QED) is 0.777. The van der Waals surface area contributed by atoms with Gasteiger partial charge >= 0.3 is 0 Å². The Labute approximate surface area is 133 Å². The fourth-order valence-corrected chi connectivity index (χ4v) is 3.02. The van der Waals surface area contributed by atoms with Crippen LogP contribution in [0.25, 0.3) is 11.0 Å². The Bertz CT molecular complexity index is 848. The second kappa shape index (κ2) is 5.12. The number of rotatable bonds is 4. The van der Waals surface area contributed by atoms with Crippen LogP contribution in [0.1, 0.15) is 18.4 Å². The molecule has 1 heterocycles. The topological polar surface area (TPSA) is 67.0 Å². The number of carbonyl (C=O) groups is 1. The van der Waals surface area contributed by atoms with E-state index in [2.05, 4.69) is 15.3 Å². The lowest BCUT2D eigenvalue weighted by Gasteiger charge is -2.17. The van der Waals surface area contributed by atoms with E-state index < -0.39 is 5.41 Å². The number of hydrogen-bond donors (Lipinski definition) is 2. The van der Waals surface area contributed by atoms with Crippen LogP contribution in [0.2, 0.25) is 0 Å². The molecular formula is C18H17N3O2. The van der Waals surface area contributed by atoms with Crippen molar-refractivity contribution in [2.75, 3.05) is 12.4 Å². The van der Waals surface area contributed by atoms with E-state index >= 15 is 0 Å². The van der Waals surface area contributed by atoms with Gasteiger partial charge in [0, 0.05) is 5.56 Å². The third-order valence-corrected chi connectivity index (χ3v) is 4.43. The van der Waals surface area contributed by atoms with E-state index in [1.807, 2.05) is 48.5 Å². The van der Waals surface area contributed by atoms with Crippen molar-refractivity contribution >= 4 is 22.9 Å². The van der Waals surface area contributed by atoms with E-state index in [0.717, 1.165) is 35.2 Å². The molecule has 0 atom stereocenters. The molecule has 1 fully saturated rings. The fourth-order valence-electron chi connectivity index (χ4n) is 3.02. The molecule has 0 bridgehead atoms. The summed E-state index contributed by atoms with van der Waals surface area (Å²) >= 11 is 0. The van der Waals surface area contributed by atoms with Gasteiger partial charge < -0.3 is 9.72 Å². The van der Waals surface area contributed by atoms with Gasteiger partial charge in [-0.25, -0.2) is 4.98 Å². The molecule has 0 unspecified atom stereocenters. The molecule has 0 saturated heterocycles. The number of hydrogen-bond acceptors (Lipinski definition) is 3. The van der Waals surface area contributed by atoms with Crippen molar-refractivity contribution in [2.45, 2.75) is 18.3 Å². The Balaban J connectivity index is 1.63. The van der Waals surface area contributed by atoms with Crippen LogP contribution in [0.4, 0.5) is 5.95 Å². The Morgan fingerprint density at radius 3 is 2.65 bits per heavy atom. The molecular weight excluding hydrogens is 290 g/mol. The highest BCUT2D eigenvalue weighted by atomic mass is 16.5. The van der Waals surface area contributed by atoms with Crippen molar-refractivity contribution in [3.05, 3.63) is 54.1 Å². The van der Waals surface area contributed by atoms with E-state index in [1.165, 1.54) is 0 Å². The summed E-state index contributed by atoms with van der Waals surface area (Å²) in [6.07, 6.45) is 1.64. The Kier molecular flexibility index (Phi) is 3.08. The third kappa shape index (κ3) is 2.25. The number of para-hydroxylation sites is 3. The molecule has 1 aliphatic rings. The molecule has 2 aromatic carbocycles. The standard InChI is InChI=1S/C18H17N3O2/c1-23-15-9-5-2-6-12(15)18(10-11-18)16(22)21-17-19-13-7-3-4-8-14(13)20-17/h2-9H,10-11H2,1H3,(H2,19,20,21,22). The summed E-state index contributed by atoms with van der Waals surface area (Å²) in [5.41, 5.74) is 2.18. The monoisotopic (exact) mass is 307 g/mol. The highest BCUT2D eigenvalue weighted by Crippen LogP contribution is 2.51. The number of methoxy groups -OCH3 is 1. The molecule has 1 aromatic heterocycles. The number of fused-ring (bicyclic) bond motifs is 1. The average molecular weight is 307 g/mol. The maximum Gasteiger partial charge on any atom is 0.237 e. The molecule has 2 N–H and O–H groups in total. The molecule has 5 heteroatoms. The number of nitrogens with one attached hydrogen (secondary N) is 2. The van der Waals surface area contributed by atoms with Gasteiger partial charge in [-0.3, -0.25) is 10.1 Å². The molecule has 1 amide bonds. The maximum absolute atomic E-state index is 12.8. The zero-order chi connectivity index (χ0) is 15.9. The minimum atomic E-state index is -0.508. The maximum atomic E-state index is 12.8. The highest BCUT2D eigenvalue weighted by Gasteiger charge is 2.53. The number of anilines is 1. The zero-order valence-electron chi connectivity index (χ0n) is 12.8. The van der Waals surface area contributed by atoms with Crippen LogP contribution < -0.4 is 10.1 Å². The van der Waals surface area contributed by atoms with Crippen LogP contribution in [-0.2, 0) is 10.2 Å². The average Bonchev–Trinajstić information content (AvgIpc) is 3.29. The molecule has 5 nitrogen and oxygen atoms in total. The zero-order valence-corrected chi connectivity index (χ0v) is 12.8. The lowest BCUT2D eigenvalue weighted by Crippen LogP contribution is -2.28. The van der Waals surface area contributed by atoms with Crippen molar-refractivity contribution in [3.8, 4) is 5.75 Å². The molecule has 23 heavy (non-hydrogen) atoms. The number of ether oxygens (including phenoxy) is 1. The molecule has 0 spiro atoms. The number of H-pyrrole nitrogens is 1. The molecule has 0 radical (unpaired) electrons. The first-order chi connectivity index (χ1) is 11.2. The van der Waals surface area contributed by atoms with Gasteiger partial charge in [-0.1, -0.05) is 30.3 Å². The van der Waals surface area contributed by atoms with E-state index in [1.54, 1.807) is 7.11 Å². The fraction of sp³-hybridized carbons (Fsp3) is 0.222. The van der Waals surface area contributed by atoms with Crippen LogP contribution in [0.15, 0.2) is 48.5 Å². The number of amides is 1. The molecule has 116 valence electrons. The molecule has 1 aliphatic carbocycles. The van der Waals surface area contributed by atoms with Crippen LogP contribution in [0, 0.1) is 0 Å². The highest BCUT2D eigenvalue weighted by molar-refractivity contribution is 6.01. The summed E-state index contributed by atoms with van der Waals surface area (Å²) in [4.78, 5) is 20.4. The van der Waals surface area contributed by atoms with Crippen molar-refractivity contribution in [3.63, 3.8) is 0 Å². The second-order valence-electron chi connectivity index (χ2n) is 5.84. The number of aromatic amines is 1. The number of imidazole rings is 1. The summed E-state index contributed by atoms with van der Waals surface area (Å²) in [6.45, 7) is 0. The predicted octanol–water partition coefficient (Wildman–Crippen LogP) is 3.24. The van der Waals surface area contributed by atoms with E-state index in [4.69, 9.17) is 4.74 Å². The molecule has 1 saturated carbocycles. The summed E-state index contributed by atoms with van der Waals surface area (Å²) in [6, 6.07) is 15.4. The minimum absolute atomic E-state index is 0.0407. The number of benzene rings is 2. The molecule has 4 rings (SSSR count). The Morgan fingerprint density at radius 2 is 1.91 bits per heavy atom. The first-order valence-corrected chi connectivity index (χ1v) is 7.63. The van der Waals surface area contributed by atoms with Crippen LogP contribution in [-0.4, -0.2) is 23.0 Å². The van der Waals surface area contributed by atoms with Crippen LogP contribution in [0.5, 0.6) is 5.75 Å². The smallest absolute Gasteiger partial charge is 0.237 e. The van der Waals surface area contributed by atoms with Gasteiger partial charge in [0.2, 0.25) is 11.9 Å². The molecule has 3 aromatic rings. The summed E-state index contributed by atoms with van der Waals surface area (Å²) < 4.78 is 5.42. The van der Waals surface area contributed by atoms with Gasteiger partial charge in [-0.05, 0) is 31.0 Å². The number of carbonyl (C=O) groups excluding carboxylic acids is 1. The largest absolute Gasteiger partial charge is 0.496 e. The first-order valence-electron chi connectivity index (χ1n) is 7.63. The van der Waals surface area contributed by atoms with E-state index in [-0.39, 0.29) is 5.91 Å². The van der Waals surface area contributed by atoms with Crippen molar-refractivity contribution in [1.82, 2.24) is 9.97 Å². The van der Waals surface area contributed by atoms with E-state index in [0.29, 0.717) is 5.95 Å². The number of nitrogens with zero attached hydrogens (tertiary/aromatic N) is 1. The van der Waals surface area contributed by atoms with Gasteiger partial charge in [-0.2, -0.15) is 0 Å². The summed E-state index contributed by atoms with van der Waals surface area (Å²) in [7, 11) is 1.63. The van der Waals surface area contributed by atoms with Gasteiger partial charge in [0.25, 0.3) is 0 Å². The van der Waals surface area contributed by atoms with Crippen LogP contribution in [0.3, 0.4) is 0 Å². The minimum Gasteiger partial charge on any atom is -0.496 e. The predicted molar refractivity (Wildman–Crippen MR) is 88.6 cm³/mol. The SMILES string of the molecule is COc1ccccc1C1(C(=O)Nc2nc3ccccc3[nH]2)CC1. The van der Waals surface area contributed by atoms with Gasteiger partial charge in [0.05, 0.1) is 23.6 Å². The first kappa shape index (κ1) is 13.8. The summed E-state index contributed by atoms with van der Waals surface area (Å²) in [5.74, 6) is 1.20. The lowest BCUT2D eigenvalue weighted by molar-refractivity contribution is -0.118. The second-order valence-corrected chi connectivity index (χ2v) is 5.84. The number of aromatic nitrogens is 2. The van der Waals surface area contributed by atoms with Crippen molar-refractivity contribution in [2.24, 2.45) is 0 Å². The Hall–Kier alpha value is -2.82. The van der Waals surface area contributed by atoms with Gasteiger partial charge in [0.15, 0.2) is 0 Å². The van der Waals surface area contributed by atoms with Crippen molar-refractivity contribution in [1.29, 1.82) is 0 Å².